The Morgan fingerprint density at radius 3 is 2.50 bits per heavy atom. The summed E-state index contributed by atoms with van der Waals surface area (Å²) in [6, 6.07) is 8.78. The second-order valence-corrected chi connectivity index (χ2v) is 8.66. The van der Waals surface area contributed by atoms with Gasteiger partial charge in [0, 0.05) is 42.7 Å². The highest BCUT2D eigenvalue weighted by atomic mass is 16.1. The molecule has 1 atom stereocenters. The number of hydrogen-bond donors (Lipinski definition) is 1. The molecule has 1 saturated carbocycles. The Bertz CT molecular complexity index is 851. The molecule has 3 aliphatic heterocycles. The SMILES string of the molecule is O=c1ccc(-c2cccnc2)nn1C1CCC(NC2CN3CCC2CC3)CC1. The van der Waals surface area contributed by atoms with Crippen LogP contribution in [-0.4, -0.2) is 51.4 Å². The van der Waals surface area contributed by atoms with E-state index < -0.39 is 0 Å². The van der Waals surface area contributed by atoms with Gasteiger partial charge in [0.2, 0.25) is 0 Å². The van der Waals surface area contributed by atoms with E-state index in [1.807, 2.05) is 12.1 Å². The van der Waals surface area contributed by atoms with Gasteiger partial charge >= 0.3 is 0 Å². The van der Waals surface area contributed by atoms with Crippen LogP contribution in [0, 0.1) is 5.92 Å². The molecule has 2 aromatic heterocycles. The van der Waals surface area contributed by atoms with Gasteiger partial charge in [-0.1, -0.05) is 0 Å². The number of hydrogen-bond acceptors (Lipinski definition) is 5. The lowest BCUT2D eigenvalue weighted by atomic mass is 9.82. The predicted octanol–water partition coefficient (Wildman–Crippen LogP) is 2.47. The van der Waals surface area contributed by atoms with Crippen molar-refractivity contribution in [1.29, 1.82) is 0 Å². The maximum atomic E-state index is 12.5. The maximum Gasteiger partial charge on any atom is 0.267 e. The predicted molar refractivity (Wildman–Crippen MR) is 109 cm³/mol. The first kappa shape index (κ1) is 18.0. The fourth-order valence-electron chi connectivity index (χ4n) is 5.30. The summed E-state index contributed by atoms with van der Waals surface area (Å²) in [4.78, 5) is 19.2. The summed E-state index contributed by atoms with van der Waals surface area (Å²) in [5, 5.41) is 8.63. The molecule has 4 aliphatic rings. The molecule has 4 fully saturated rings. The summed E-state index contributed by atoms with van der Waals surface area (Å²) in [5.74, 6) is 0.864. The van der Waals surface area contributed by atoms with E-state index in [-0.39, 0.29) is 11.6 Å². The number of nitrogens with one attached hydrogen (secondary N) is 1. The van der Waals surface area contributed by atoms with Crippen LogP contribution in [0.3, 0.4) is 0 Å². The molecule has 1 N–H and O–H groups in total. The van der Waals surface area contributed by atoms with Crippen molar-refractivity contribution in [3.05, 3.63) is 47.0 Å². The van der Waals surface area contributed by atoms with Gasteiger partial charge in [0.1, 0.15) is 0 Å². The molecule has 0 amide bonds. The average molecular weight is 380 g/mol. The third kappa shape index (κ3) is 3.63. The van der Waals surface area contributed by atoms with Crippen LogP contribution < -0.4 is 10.9 Å². The van der Waals surface area contributed by atoms with Crippen molar-refractivity contribution in [3.8, 4) is 11.3 Å². The highest BCUT2D eigenvalue weighted by molar-refractivity contribution is 5.56. The quantitative estimate of drug-likeness (QED) is 0.884. The molecule has 0 radical (unpaired) electrons. The summed E-state index contributed by atoms with van der Waals surface area (Å²) in [7, 11) is 0. The summed E-state index contributed by atoms with van der Waals surface area (Å²) in [6.07, 6.45) is 10.5. The molecule has 2 aromatic rings. The fraction of sp³-hybridized carbons (Fsp3) is 0.591. The van der Waals surface area contributed by atoms with Gasteiger partial charge in [-0.05, 0) is 75.7 Å². The van der Waals surface area contributed by atoms with E-state index in [4.69, 9.17) is 0 Å². The minimum atomic E-state index is 0.00133. The Kier molecular flexibility index (Phi) is 4.99. The second kappa shape index (κ2) is 7.76. The van der Waals surface area contributed by atoms with Crippen LogP contribution in [0.1, 0.15) is 44.6 Å². The number of aromatic nitrogens is 3. The first-order valence-corrected chi connectivity index (χ1v) is 10.7. The van der Waals surface area contributed by atoms with Crippen molar-refractivity contribution in [3.63, 3.8) is 0 Å². The monoisotopic (exact) mass is 379 g/mol. The lowest BCUT2D eigenvalue weighted by Gasteiger charge is -2.47. The minimum absolute atomic E-state index is 0.00133. The van der Waals surface area contributed by atoms with E-state index >= 15 is 0 Å². The third-order valence-electron chi connectivity index (χ3n) is 6.93. The fourth-order valence-corrected chi connectivity index (χ4v) is 5.30. The molecule has 28 heavy (non-hydrogen) atoms. The highest BCUT2D eigenvalue weighted by Gasteiger charge is 2.35. The molecule has 1 aliphatic carbocycles. The molecular formula is C22H29N5O. The Labute approximate surface area is 166 Å². The number of rotatable bonds is 4. The first-order chi connectivity index (χ1) is 13.8. The van der Waals surface area contributed by atoms with E-state index in [1.54, 1.807) is 29.2 Å². The van der Waals surface area contributed by atoms with E-state index in [0.717, 1.165) is 42.9 Å². The Balaban J connectivity index is 1.24. The zero-order chi connectivity index (χ0) is 18.9. The van der Waals surface area contributed by atoms with Crippen LogP contribution in [0.15, 0.2) is 41.5 Å². The highest BCUT2D eigenvalue weighted by Crippen LogP contribution is 2.31. The van der Waals surface area contributed by atoms with Crippen molar-refractivity contribution in [2.75, 3.05) is 19.6 Å². The normalized spacial score (nSPS) is 32.4. The van der Waals surface area contributed by atoms with Gasteiger partial charge in [-0.3, -0.25) is 9.78 Å². The van der Waals surface area contributed by atoms with Crippen LogP contribution in [-0.2, 0) is 0 Å². The molecule has 3 saturated heterocycles. The van der Waals surface area contributed by atoms with Crippen LogP contribution in [0.4, 0.5) is 0 Å². The molecule has 6 nitrogen and oxygen atoms in total. The van der Waals surface area contributed by atoms with E-state index in [1.165, 1.54) is 32.5 Å². The summed E-state index contributed by atoms with van der Waals surface area (Å²) < 4.78 is 1.72. The molecule has 6 rings (SSSR count). The maximum absolute atomic E-state index is 12.5. The topological polar surface area (TPSA) is 63.1 Å². The minimum Gasteiger partial charge on any atom is -0.310 e. The molecule has 2 bridgehead atoms. The van der Waals surface area contributed by atoms with Gasteiger partial charge in [0.25, 0.3) is 5.56 Å². The Morgan fingerprint density at radius 2 is 1.82 bits per heavy atom. The van der Waals surface area contributed by atoms with Crippen LogP contribution >= 0.6 is 0 Å². The molecular weight excluding hydrogens is 350 g/mol. The van der Waals surface area contributed by atoms with Gasteiger partial charge in [0.05, 0.1) is 11.7 Å². The second-order valence-electron chi connectivity index (χ2n) is 8.66. The number of pyridine rings is 1. The van der Waals surface area contributed by atoms with Crippen molar-refractivity contribution < 1.29 is 0 Å². The lowest BCUT2D eigenvalue weighted by molar-refractivity contribution is 0.0625. The smallest absolute Gasteiger partial charge is 0.267 e. The van der Waals surface area contributed by atoms with Crippen LogP contribution in [0.25, 0.3) is 11.3 Å². The zero-order valence-electron chi connectivity index (χ0n) is 16.3. The average Bonchev–Trinajstić information content (AvgIpc) is 2.76. The van der Waals surface area contributed by atoms with Crippen molar-refractivity contribution in [1.82, 2.24) is 25.0 Å². The Morgan fingerprint density at radius 1 is 1.00 bits per heavy atom. The zero-order valence-corrected chi connectivity index (χ0v) is 16.3. The van der Waals surface area contributed by atoms with Gasteiger partial charge in [-0.25, -0.2) is 4.68 Å². The summed E-state index contributed by atoms with van der Waals surface area (Å²) in [5.41, 5.74) is 1.77. The van der Waals surface area contributed by atoms with Crippen LogP contribution in [0.2, 0.25) is 0 Å². The molecule has 0 aromatic carbocycles. The van der Waals surface area contributed by atoms with Gasteiger partial charge in [-0.2, -0.15) is 5.10 Å². The van der Waals surface area contributed by atoms with E-state index in [0.29, 0.717) is 12.1 Å². The standard InChI is InChI=1S/C22H29N5O/c28-22-8-7-20(17-2-1-11-23-14-17)25-27(22)19-5-3-18(4-6-19)24-21-15-26-12-9-16(21)10-13-26/h1-2,7-8,11,14,16,18-19,21,24H,3-6,9-10,12-13,15H2. The largest absolute Gasteiger partial charge is 0.310 e. The van der Waals surface area contributed by atoms with Crippen LogP contribution in [0.5, 0.6) is 0 Å². The van der Waals surface area contributed by atoms with Gasteiger partial charge in [-0.15, -0.1) is 0 Å². The van der Waals surface area contributed by atoms with E-state index in [9.17, 15) is 4.79 Å². The Hall–Kier alpha value is -2.05. The summed E-state index contributed by atoms with van der Waals surface area (Å²) >= 11 is 0. The van der Waals surface area contributed by atoms with Gasteiger partial charge in [0.15, 0.2) is 0 Å². The number of nitrogens with zero attached hydrogens (tertiary/aromatic N) is 4. The van der Waals surface area contributed by atoms with E-state index in [2.05, 4.69) is 20.3 Å². The van der Waals surface area contributed by atoms with Crippen molar-refractivity contribution in [2.24, 2.45) is 5.92 Å². The lowest BCUT2D eigenvalue weighted by Crippen LogP contribution is -2.58. The molecule has 6 heteroatoms. The molecule has 148 valence electrons. The third-order valence-corrected chi connectivity index (χ3v) is 6.93. The molecule has 1 unspecified atom stereocenters. The summed E-state index contributed by atoms with van der Waals surface area (Å²) in [6.45, 7) is 3.80. The molecule has 5 heterocycles. The first-order valence-electron chi connectivity index (χ1n) is 10.7. The van der Waals surface area contributed by atoms with Crippen molar-refractivity contribution >= 4 is 0 Å². The van der Waals surface area contributed by atoms with Gasteiger partial charge < -0.3 is 10.2 Å². The number of piperidine rings is 3. The number of fused-ring (bicyclic) bond motifs is 3. The van der Waals surface area contributed by atoms with Crippen molar-refractivity contribution in [2.45, 2.75) is 56.7 Å². The molecule has 0 spiro atoms.